The lowest BCUT2D eigenvalue weighted by Crippen LogP contribution is -2.47. The van der Waals surface area contributed by atoms with E-state index < -0.39 is 0 Å². The third-order valence-electron chi connectivity index (χ3n) is 11.6. The molecule has 4 heterocycles. The number of benzene rings is 5. The van der Waals surface area contributed by atoms with E-state index in [1.54, 1.807) is 0 Å². The molecule has 4 unspecified atom stereocenters. The van der Waals surface area contributed by atoms with Gasteiger partial charge in [-0.05, 0) is 80.3 Å². The Morgan fingerprint density at radius 2 is 0.958 bits per heavy atom. The van der Waals surface area contributed by atoms with Gasteiger partial charge in [-0.1, -0.05) is 84.9 Å². The minimum absolute atomic E-state index is 0.620. The SMILES string of the molecule is c1cc(-c2nc(-n3c4ccccc4c4ccccc43)nc(-n3c4ccccc4c4ccccc43)n2)cc(N2C3CCC4CC2CC4C3)c1. The molecule has 2 aliphatic carbocycles. The van der Waals surface area contributed by atoms with E-state index in [1.807, 2.05) is 0 Å². The van der Waals surface area contributed by atoms with Crippen LogP contribution in [0.3, 0.4) is 0 Å². The molecule has 6 nitrogen and oxygen atoms in total. The number of para-hydroxylation sites is 4. The smallest absolute Gasteiger partial charge is 0.240 e. The number of hydrogen-bond acceptors (Lipinski definition) is 4. The van der Waals surface area contributed by atoms with Crippen molar-refractivity contribution in [3.8, 4) is 23.3 Å². The Kier molecular flexibility index (Phi) is 5.54. The molecule has 1 aliphatic heterocycles. The van der Waals surface area contributed by atoms with Crippen molar-refractivity contribution < 1.29 is 0 Å². The fourth-order valence-corrected chi connectivity index (χ4v) is 9.66. The maximum atomic E-state index is 5.31. The Morgan fingerprint density at radius 1 is 0.458 bits per heavy atom. The van der Waals surface area contributed by atoms with Gasteiger partial charge in [-0.15, -0.1) is 0 Å². The Morgan fingerprint density at radius 3 is 1.52 bits per heavy atom. The second-order valence-electron chi connectivity index (χ2n) is 14.1. The summed E-state index contributed by atoms with van der Waals surface area (Å²) in [5.74, 6) is 3.78. The molecule has 48 heavy (non-hydrogen) atoms. The molecule has 0 N–H and O–H groups in total. The summed E-state index contributed by atoms with van der Waals surface area (Å²) in [6.45, 7) is 0. The van der Waals surface area contributed by atoms with Crippen LogP contribution in [0.15, 0.2) is 121 Å². The average molecular weight is 623 g/mol. The number of nitrogens with zero attached hydrogens (tertiary/aromatic N) is 6. The summed E-state index contributed by atoms with van der Waals surface area (Å²) in [5.41, 5.74) is 6.65. The minimum atomic E-state index is 0.620. The van der Waals surface area contributed by atoms with Crippen LogP contribution in [0.1, 0.15) is 32.1 Å². The normalized spacial score (nSPS) is 21.7. The number of hydrogen-bond donors (Lipinski definition) is 0. The number of rotatable bonds is 4. The van der Waals surface area contributed by atoms with Crippen LogP contribution in [0.25, 0.3) is 66.9 Å². The summed E-state index contributed by atoms with van der Waals surface area (Å²) in [7, 11) is 0. The van der Waals surface area contributed by atoms with Crippen LogP contribution in [-0.4, -0.2) is 36.2 Å². The van der Waals surface area contributed by atoms with Crippen molar-refractivity contribution in [2.24, 2.45) is 11.8 Å². The standard InChI is InChI=1S/C42H34N6/c1-5-16-36-32(12-1)33-13-2-6-17-37(33)47(36)41-43-40(27-10-9-11-29(23-27)46-30-21-20-26-22-31(46)25-28(26)24-30)44-42(45-41)48-38-18-7-3-14-34(38)35-15-4-8-19-39(35)48/h1-19,23,26,28,30-31H,20-22,24-25H2. The van der Waals surface area contributed by atoms with Crippen LogP contribution in [0.5, 0.6) is 0 Å². The van der Waals surface area contributed by atoms with Crippen molar-refractivity contribution in [2.75, 3.05) is 4.90 Å². The van der Waals surface area contributed by atoms with Gasteiger partial charge in [0.15, 0.2) is 5.82 Å². The van der Waals surface area contributed by atoms with Crippen LogP contribution in [0.4, 0.5) is 5.69 Å². The van der Waals surface area contributed by atoms with Crippen molar-refractivity contribution in [3.05, 3.63) is 121 Å². The first-order valence-corrected chi connectivity index (χ1v) is 17.4. The molecule has 0 radical (unpaired) electrons. The molecule has 0 amide bonds. The molecule has 4 atom stereocenters. The van der Waals surface area contributed by atoms with Crippen LogP contribution >= 0.6 is 0 Å². The zero-order valence-corrected chi connectivity index (χ0v) is 26.6. The highest BCUT2D eigenvalue weighted by atomic mass is 15.3. The summed E-state index contributed by atoms with van der Waals surface area (Å²) in [5, 5.41) is 4.74. The molecular formula is C42H34N6. The number of aromatic nitrogens is 5. The van der Waals surface area contributed by atoms with E-state index in [0.29, 0.717) is 29.8 Å². The highest BCUT2D eigenvalue weighted by Crippen LogP contribution is 2.52. The minimum Gasteiger partial charge on any atom is -0.366 e. The quantitative estimate of drug-likeness (QED) is 0.196. The van der Waals surface area contributed by atoms with Crippen molar-refractivity contribution in [3.63, 3.8) is 0 Å². The summed E-state index contributed by atoms with van der Waals surface area (Å²) in [4.78, 5) is 18.7. The average Bonchev–Trinajstić information content (AvgIpc) is 3.75. The highest BCUT2D eigenvalue weighted by Gasteiger charge is 2.48. The first kappa shape index (κ1) is 26.6. The maximum Gasteiger partial charge on any atom is 0.240 e. The van der Waals surface area contributed by atoms with Crippen LogP contribution in [0.2, 0.25) is 0 Å². The van der Waals surface area contributed by atoms with Gasteiger partial charge in [-0.3, -0.25) is 9.13 Å². The molecule has 232 valence electrons. The van der Waals surface area contributed by atoms with E-state index in [4.69, 9.17) is 15.0 Å². The van der Waals surface area contributed by atoms with Gasteiger partial charge in [-0.2, -0.15) is 15.0 Å². The third-order valence-corrected chi connectivity index (χ3v) is 11.6. The molecular weight excluding hydrogens is 589 g/mol. The van der Waals surface area contributed by atoms with Gasteiger partial charge in [0.05, 0.1) is 22.1 Å². The summed E-state index contributed by atoms with van der Waals surface area (Å²) < 4.78 is 4.41. The molecule has 2 saturated carbocycles. The van der Waals surface area contributed by atoms with Gasteiger partial charge >= 0.3 is 0 Å². The molecule has 3 bridgehead atoms. The van der Waals surface area contributed by atoms with E-state index in [9.17, 15) is 0 Å². The van der Waals surface area contributed by atoms with Gasteiger partial charge in [0.25, 0.3) is 0 Å². The van der Waals surface area contributed by atoms with E-state index in [2.05, 4.69) is 135 Å². The summed E-state index contributed by atoms with van der Waals surface area (Å²) in [6.07, 6.45) is 6.72. The van der Waals surface area contributed by atoms with Gasteiger partial charge in [0.1, 0.15) is 0 Å². The lowest BCUT2D eigenvalue weighted by atomic mass is 9.78. The summed E-state index contributed by atoms with van der Waals surface area (Å²) >= 11 is 0. The first-order chi connectivity index (χ1) is 23.8. The second-order valence-corrected chi connectivity index (χ2v) is 14.1. The van der Waals surface area contributed by atoms with Crippen LogP contribution < -0.4 is 4.90 Å². The fourth-order valence-electron chi connectivity index (χ4n) is 9.66. The number of piperidine rings is 1. The molecule has 3 aromatic heterocycles. The Hall–Kier alpha value is -5.49. The van der Waals surface area contributed by atoms with Crippen molar-refractivity contribution in [2.45, 2.75) is 44.2 Å². The number of anilines is 1. The van der Waals surface area contributed by atoms with E-state index in [1.165, 1.54) is 59.3 Å². The lowest BCUT2D eigenvalue weighted by Gasteiger charge is -2.44. The van der Waals surface area contributed by atoms with Gasteiger partial charge < -0.3 is 4.90 Å². The maximum absolute atomic E-state index is 5.31. The Bertz CT molecular complexity index is 2310. The number of fused-ring (bicyclic) bond motifs is 8. The predicted octanol–water partition coefficient (Wildman–Crippen LogP) is 9.50. The van der Waals surface area contributed by atoms with Crippen LogP contribution in [0, 0.1) is 11.8 Å². The molecule has 6 heteroatoms. The largest absolute Gasteiger partial charge is 0.366 e. The van der Waals surface area contributed by atoms with E-state index in [0.717, 1.165) is 39.5 Å². The summed E-state index contributed by atoms with van der Waals surface area (Å²) in [6, 6.07) is 44.5. The van der Waals surface area contributed by atoms with Crippen molar-refractivity contribution in [1.82, 2.24) is 24.1 Å². The van der Waals surface area contributed by atoms with Gasteiger partial charge in [-0.25, -0.2) is 0 Å². The van der Waals surface area contributed by atoms with E-state index >= 15 is 0 Å². The highest BCUT2D eigenvalue weighted by molar-refractivity contribution is 6.10. The van der Waals surface area contributed by atoms with E-state index in [-0.39, 0.29) is 0 Å². The van der Waals surface area contributed by atoms with Crippen LogP contribution in [-0.2, 0) is 0 Å². The monoisotopic (exact) mass is 622 g/mol. The second kappa shape index (κ2) is 10.0. The lowest BCUT2D eigenvalue weighted by molar-refractivity contribution is 0.234. The Labute approximate surface area is 278 Å². The van der Waals surface area contributed by atoms with Gasteiger partial charge in [0.2, 0.25) is 11.9 Å². The van der Waals surface area contributed by atoms with Crippen molar-refractivity contribution >= 4 is 49.3 Å². The van der Waals surface area contributed by atoms with Gasteiger partial charge in [0, 0.05) is 44.9 Å². The fraction of sp³-hybridized carbons (Fsp3) is 0.214. The third kappa shape index (κ3) is 3.77. The molecule has 5 aromatic carbocycles. The molecule has 1 saturated heterocycles. The topological polar surface area (TPSA) is 51.8 Å². The molecule has 3 aliphatic rings. The molecule has 3 fully saturated rings. The van der Waals surface area contributed by atoms with Crippen molar-refractivity contribution in [1.29, 1.82) is 0 Å². The first-order valence-electron chi connectivity index (χ1n) is 17.4. The Balaban J connectivity index is 1.17. The predicted molar refractivity (Wildman–Crippen MR) is 194 cm³/mol. The molecule has 8 aromatic rings. The molecule has 0 spiro atoms. The molecule has 11 rings (SSSR count). The zero-order chi connectivity index (χ0) is 31.3. The zero-order valence-electron chi connectivity index (χ0n) is 26.6.